The van der Waals surface area contributed by atoms with Crippen LogP contribution in [0.2, 0.25) is 0 Å². The maximum Gasteiger partial charge on any atom is 0.242 e. The molecular weight excluding hydrogens is 214 g/mol. The van der Waals surface area contributed by atoms with Crippen molar-refractivity contribution in [2.45, 2.75) is 38.8 Å². The van der Waals surface area contributed by atoms with Gasteiger partial charge in [0.1, 0.15) is 5.82 Å². The second-order valence-electron chi connectivity index (χ2n) is 4.82. The van der Waals surface area contributed by atoms with Crippen LogP contribution in [0, 0.1) is 0 Å². The second kappa shape index (κ2) is 4.11. The molecule has 0 aliphatic carbocycles. The molecule has 90 valence electrons. The number of anilines is 1. The second-order valence-corrected chi connectivity index (χ2v) is 4.82. The Hall–Kier alpha value is -1.42. The first-order chi connectivity index (χ1) is 8.28. The first kappa shape index (κ1) is 10.7. The summed E-state index contributed by atoms with van der Waals surface area (Å²) in [5.41, 5.74) is 2.39. The van der Waals surface area contributed by atoms with E-state index >= 15 is 0 Å². The van der Waals surface area contributed by atoms with Crippen LogP contribution in [0.25, 0.3) is 0 Å². The number of amides is 1. The van der Waals surface area contributed by atoms with Crippen LogP contribution in [-0.4, -0.2) is 28.4 Å². The normalized spacial score (nSPS) is 23.8. The number of hydrogen-bond donors (Lipinski definition) is 1. The molecule has 4 nitrogen and oxygen atoms in total. The number of pyridine rings is 1. The summed E-state index contributed by atoms with van der Waals surface area (Å²) in [5, 5.41) is 2.95. The summed E-state index contributed by atoms with van der Waals surface area (Å²) in [4.78, 5) is 18.7. The molecular formula is C13H17N3O. The molecule has 17 heavy (non-hydrogen) atoms. The third-order valence-corrected chi connectivity index (χ3v) is 3.71. The zero-order chi connectivity index (χ0) is 11.8. The van der Waals surface area contributed by atoms with Crippen molar-refractivity contribution in [1.82, 2.24) is 9.88 Å². The summed E-state index contributed by atoms with van der Waals surface area (Å²) >= 11 is 0. The number of carbonyl (C=O) groups excluding carboxylic acids is 1. The van der Waals surface area contributed by atoms with E-state index in [1.54, 1.807) is 0 Å². The van der Waals surface area contributed by atoms with Crippen LogP contribution in [-0.2, 0) is 17.8 Å². The van der Waals surface area contributed by atoms with Crippen molar-refractivity contribution in [2.75, 3.05) is 11.9 Å². The molecule has 0 bridgehead atoms. The summed E-state index contributed by atoms with van der Waals surface area (Å²) in [6, 6.07) is 2.22. The van der Waals surface area contributed by atoms with Gasteiger partial charge in [0.2, 0.25) is 5.91 Å². The zero-order valence-electron chi connectivity index (χ0n) is 10.1. The summed E-state index contributed by atoms with van der Waals surface area (Å²) < 4.78 is 0. The van der Waals surface area contributed by atoms with Crippen molar-refractivity contribution in [3.05, 3.63) is 23.4 Å². The van der Waals surface area contributed by atoms with E-state index in [9.17, 15) is 4.79 Å². The summed E-state index contributed by atoms with van der Waals surface area (Å²) in [6.45, 7) is 3.99. The van der Waals surface area contributed by atoms with Crippen molar-refractivity contribution in [3.8, 4) is 0 Å². The molecule has 1 aromatic rings. The minimum absolute atomic E-state index is 0.0503. The molecule has 2 aliphatic heterocycles. The zero-order valence-corrected chi connectivity index (χ0v) is 10.1. The molecule has 1 atom stereocenters. The van der Waals surface area contributed by atoms with Crippen LogP contribution in [0.1, 0.15) is 30.9 Å². The molecule has 1 unspecified atom stereocenters. The highest BCUT2D eigenvalue weighted by molar-refractivity contribution is 5.95. The average molecular weight is 231 g/mol. The molecule has 0 spiro atoms. The highest BCUT2D eigenvalue weighted by Crippen LogP contribution is 2.27. The van der Waals surface area contributed by atoms with Gasteiger partial charge in [-0.25, -0.2) is 4.98 Å². The SMILES string of the molecule is CCc1cnc2c(c1)CN1CCCC1C(=O)N2. The smallest absolute Gasteiger partial charge is 0.242 e. The van der Waals surface area contributed by atoms with Crippen molar-refractivity contribution < 1.29 is 4.79 Å². The molecule has 1 saturated heterocycles. The third-order valence-electron chi connectivity index (χ3n) is 3.71. The number of carbonyl (C=O) groups is 1. The van der Waals surface area contributed by atoms with Crippen LogP contribution in [0.5, 0.6) is 0 Å². The molecule has 3 heterocycles. The Morgan fingerprint density at radius 1 is 1.59 bits per heavy atom. The Morgan fingerprint density at radius 2 is 2.47 bits per heavy atom. The molecule has 2 aliphatic rings. The monoisotopic (exact) mass is 231 g/mol. The van der Waals surface area contributed by atoms with Gasteiger partial charge in [-0.15, -0.1) is 0 Å². The number of hydrogen-bond acceptors (Lipinski definition) is 3. The van der Waals surface area contributed by atoms with Crippen LogP contribution in [0.4, 0.5) is 5.82 Å². The third kappa shape index (κ3) is 1.82. The lowest BCUT2D eigenvalue weighted by Crippen LogP contribution is -2.36. The van der Waals surface area contributed by atoms with E-state index in [0.29, 0.717) is 0 Å². The Bertz CT molecular complexity index is 458. The van der Waals surface area contributed by atoms with Crippen molar-refractivity contribution in [2.24, 2.45) is 0 Å². The fraction of sp³-hybridized carbons (Fsp3) is 0.538. The molecule has 1 amide bonds. The molecule has 4 heteroatoms. The number of aromatic nitrogens is 1. The summed E-state index contributed by atoms with van der Waals surface area (Å²) in [5.74, 6) is 0.861. The Morgan fingerprint density at radius 3 is 3.29 bits per heavy atom. The first-order valence-electron chi connectivity index (χ1n) is 6.30. The number of nitrogens with zero attached hydrogens (tertiary/aromatic N) is 2. The lowest BCUT2D eigenvalue weighted by Gasteiger charge is -2.19. The standard InChI is InChI=1S/C13H17N3O/c1-2-9-6-10-8-16-5-3-4-11(16)13(17)15-12(10)14-7-9/h6-7,11H,2-5,8H2,1H3,(H,14,15,17). The molecule has 1 fully saturated rings. The van der Waals surface area contributed by atoms with E-state index in [1.165, 1.54) is 5.56 Å². The topological polar surface area (TPSA) is 45.2 Å². The van der Waals surface area contributed by atoms with E-state index in [1.807, 2.05) is 6.20 Å². The molecule has 3 rings (SSSR count). The van der Waals surface area contributed by atoms with Gasteiger partial charge in [0.05, 0.1) is 6.04 Å². The van der Waals surface area contributed by atoms with Gasteiger partial charge in [0.15, 0.2) is 0 Å². The molecule has 0 radical (unpaired) electrons. The lowest BCUT2D eigenvalue weighted by molar-refractivity contribution is -0.120. The fourth-order valence-electron chi connectivity index (χ4n) is 2.72. The van der Waals surface area contributed by atoms with Crippen LogP contribution in [0.15, 0.2) is 12.3 Å². The lowest BCUT2D eigenvalue weighted by atomic mass is 10.1. The van der Waals surface area contributed by atoms with Crippen molar-refractivity contribution in [3.63, 3.8) is 0 Å². The highest BCUT2D eigenvalue weighted by Gasteiger charge is 2.34. The number of fused-ring (bicyclic) bond motifs is 2. The van der Waals surface area contributed by atoms with Crippen molar-refractivity contribution >= 4 is 11.7 Å². The highest BCUT2D eigenvalue weighted by atomic mass is 16.2. The van der Waals surface area contributed by atoms with Crippen LogP contribution >= 0.6 is 0 Å². The summed E-state index contributed by atoms with van der Waals surface area (Å²) in [6.07, 6.45) is 4.93. The molecule has 1 N–H and O–H groups in total. The van der Waals surface area contributed by atoms with E-state index in [-0.39, 0.29) is 11.9 Å². The molecule has 0 aromatic carbocycles. The summed E-state index contributed by atoms with van der Waals surface area (Å²) in [7, 11) is 0. The van der Waals surface area contributed by atoms with E-state index in [4.69, 9.17) is 0 Å². The van der Waals surface area contributed by atoms with Gasteiger partial charge in [0, 0.05) is 18.3 Å². The Kier molecular flexibility index (Phi) is 2.59. The maximum atomic E-state index is 12.0. The van der Waals surface area contributed by atoms with Gasteiger partial charge in [0.25, 0.3) is 0 Å². The number of aryl methyl sites for hydroxylation is 1. The average Bonchev–Trinajstić information content (AvgIpc) is 2.75. The number of rotatable bonds is 1. The number of nitrogens with one attached hydrogen (secondary N) is 1. The van der Waals surface area contributed by atoms with Gasteiger partial charge in [-0.1, -0.05) is 6.92 Å². The van der Waals surface area contributed by atoms with Gasteiger partial charge < -0.3 is 5.32 Å². The molecule has 1 aromatic heterocycles. The van der Waals surface area contributed by atoms with Crippen LogP contribution < -0.4 is 5.32 Å². The largest absolute Gasteiger partial charge is 0.309 e. The van der Waals surface area contributed by atoms with E-state index < -0.39 is 0 Å². The van der Waals surface area contributed by atoms with E-state index in [2.05, 4.69) is 28.2 Å². The predicted octanol–water partition coefficient (Wildman–Crippen LogP) is 1.56. The van der Waals surface area contributed by atoms with Gasteiger partial charge >= 0.3 is 0 Å². The maximum absolute atomic E-state index is 12.0. The Labute approximate surface area is 101 Å². The Balaban J connectivity index is 1.98. The first-order valence-corrected chi connectivity index (χ1v) is 6.30. The quantitative estimate of drug-likeness (QED) is 0.797. The predicted molar refractivity (Wildman–Crippen MR) is 65.7 cm³/mol. The van der Waals surface area contributed by atoms with E-state index in [0.717, 1.165) is 43.7 Å². The van der Waals surface area contributed by atoms with Crippen LogP contribution in [0.3, 0.4) is 0 Å². The minimum atomic E-state index is 0.0503. The molecule has 0 saturated carbocycles. The van der Waals surface area contributed by atoms with Gasteiger partial charge in [-0.2, -0.15) is 0 Å². The minimum Gasteiger partial charge on any atom is -0.309 e. The van der Waals surface area contributed by atoms with Crippen molar-refractivity contribution in [1.29, 1.82) is 0 Å². The van der Waals surface area contributed by atoms with Gasteiger partial charge in [-0.3, -0.25) is 9.69 Å². The fourth-order valence-corrected chi connectivity index (χ4v) is 2.72. The van der Waals surface area contributed by atoms with Gasteiger partial charge in [-0.05, 0) is 37.4 Å².